The van der Waals surface area contributed by atoms with Gasteiger partial charge in [-0.1, -0.05) is 63.2 Å². The van der Waals surface area contributed by atoms with Crippen molar-refractivity contribution in [3.63, 3.8) is 0 Å². The van der Waals surface area contributed by atoms with E-state index in [0.29, 0.717) is 11.1 Å². The summed E-state index contributed by atoms with van der Waals surface area (Å²) in [5, 5.41) is 6.30. The van der Waals surface area contributed by atoms with Crippen LogP contribution in [0, 0.1) is 5.41 Å². The molecule has 4 atom stereocenters. The quantitative estimate of drug-likeness (QED) is 0.691. The summed E-state index contributed by atoms with van der Waals surface area (Å²) in [7, 11) is 0. The van der Waals surface area contributed by atoms with Gasteiger partial charge in [0.15, 0.2) is 5.79 Å². The molecule has 174 valence electrons. The van der Waals surface area contributed by atoms with Crippen molar-refractivity contribution in [2.75, 3.05) is 0 Å². The number of amides is 2. The van der Waals surface area contributed by atoms with Crippen LogP contribution in [0.2, 0.25) is 0 Å². The van der Waals surface area contributed by atoms with Crippen molar-refractivity contribution in [1.29, 1.82) is 0 Å². The van der Waals surface area contributed by atoms with E-state index in [9.17, 15) is 9.59 Å². The number of nitrogens with one attached hydrogen (secondary N) is 2. The Bertz CT molecular complexity index is 1040. The third-order valence-corrected chi connectivity index (χ3v) is 6.06. The third kappa shape index (κ3) is 5.02. The van der Waals surface area contributed by atoms with E-state index in [2.05, 4.69) is 31.4 Å². The van der Waals surface area contributed by atoms with Gasteiger partial charge in [0.1, 0.15) is 12.2 Å². The van der Waals surface area contributed by atoms with Crippen LogP contribution in [0.5, 0.6) is 0 Å². The highest BCUT2D eigenvalue weighted by Crippen LogP contribution is 2.42. The molecule has 6 nitrogen and oxygen atoms in total. The molecule has 4 rings (SSSR count). The fourth-order valence-electron chi connectivity index (χ4n) is 4.56. The van der Waals surface area contributed by atoms with Gasteiger partial charge in [-0.3, -0.25) is 9.59 Å². The van der Waals surface area contributed by atoms with Crippen LogP contribution in [0.3, 0.4) is 0 Å². The van der Waals surface area contributed by atoms with E-state index in [1.807, 2.05) is 56.3 Å². The maximum Gasteiger partial charge on any atom is 0.251 e. The Kier molecular flexibility index (Phi) is 6.16. The van der Waals surface area contributed by atoms with Crippen LogP contribution >= 0.6 is 0 Å². The molecule has 1 saturated heterocycles. The maximum absolute atomic E-state index is 13.1. The zero-order valence-corrected chi connectivity index (χ0v) is 19.8. The summed E-state index contributed by atoms with van der Waals surface area (Å²) in [4.78, 5) is 26.0. The molecule has 1 aliphatic carbocycles. The minimum absolute atomic E-state index is 0.172. The SMILES string of the molecule is CC1(C)O[C@@H]2[C@H](O1)[C@@H](NC(=O)c1ccccc1)C(C(C)(C)C)=C[C@H]2NC(=O)c1ccccc1. The average molecular weight is 449 g/mol. The van der Waals surface area contributed by atoms with Gasteiger partial charge in [0, 0.05) is 11.1 Å². The highest BCUT2D eigenvalue weighted by atomic mass is 16.8. The van der Waals surface area contributed by atoms with Gasteiger partial charge in [-0.2, -0.15) is 0 Å². The second kappa shape index (κ2) is 8.76. The Morgan fingerprint density at radius 1 is 0.788 bits per heavy atom. The summed E-state index contributed by atoms with van der Waals surface area (Å²) >= 11 is 0. The lowest BCUT2D eigenvalue weighted by Gasteiger charge is -2.42. The van der Waals surface area contributed by atoms with E-state index in [4.69, 9.17) is 9.47 Å². The minimum Gasteiger partial charge on any atom is -0.343 e. The minimum atomic E-state index is -0.845. The molecule has 0 radical (unpaired) electrons. The van der Waals surface area contributed by atoms with Crippen molar-refractivity contribution in [3.8, 4) is 0 Å². The maximum atomic E-state index is 13.1. The summed E-state index contributed by atoms with van der Waals surface area (Å²) in [6.07, 6.45) is 1.13. The lowest BCUT2D eigenvalue weighted by molar-refractivity contribution is -0.148. The first kappa shape index (κ1) is 23.2. The molecule has 0 spiro atoms. The summed E-state index contributed by atoms with van der Waals surface area (Å²) in [5.41, 5.74) is 1.89. The van der Waals surface area contributed by atoms with Crippen LogP contribution in [0.25, 0.3) is 0 Å². The predicted molar refractivity (Wildman–Crippen MR) is 127 cm³/mol. The van der Waals surface area contributed by atoms with E-state index in [-0.39, 0.29) is 17.2 Å². The predicted octanol–water partition coefficient (Wildman–Crippen LogP) is 4.09. The summed E-state index contributed by atoms with van der Waals surface area (Å²) in [6, 6.07) is 17.4. The fourth-order valence-corrected chi connectivity index (χ4v) is 4.56. The van der Waals surface area contributed by atoms with Crippen LogP contribution in [-0.2, 0) is 9.47 Å². The zero-order valence-electron chi connectivity index (χ0n) is 19.8. The monoisotopic (exact) mass is 448 g/mol. The molecule has 2 aliphatic rings. The molecular formula is C27H32N2O4. The molecule has 2 N–H and O–H groups in total. The average Bonchev–Trinajstić information content (AvgIpc) is 3.11. The molecule has 0 bridgehead atoms. The van der Waals surface area contributed by atoms with Crippen LogP contribution in [0.15, 0.2) is 72.3 Å². The second-order valence-corrected chi connectivity index (χ2v) is 10.1. The molecular weight excluding hydrogens is 416 g/mol. The first-order chi connectivity index (χ1) is 15.5. The Labute approximate surface area is 195 Å². The number of fused-ring (bicyclic) bond motifs is 1. The first-order valence-electron chi connectivity index (χ1n) is 11.3. The number of hydrogen-bond donors (Lipinski definition) is 2. The van der Waals surface area contributed by atoms with Gasteiger partial charge < -0.3 is 20.1 Å². The number of carbonyl (C=O) groups is 2. The highest BCUT2D eigenvalue weighted by molar-refractivity contribution is 5.95. The molecule has 2 amide bonds. The van der Waals surface area contributed by atoms with E-state index in [1.54, 1.807) is 24.3 Å². The Hall–Kier alpha value is -2.96. The number of carbonyl (C=O) groups excluding carboxylic acids is 2. The summed E-state index contributed by atoms with van der Waals surface area (Å²) < 4.78 is 12.6. The van der Waals surface area contributed by atoms with E-state index in [0.717, 1.165) is 5.57 Å². The molecule has 1 fully saturated rings. The van der Waals surface area contributed by atoms with Crippen molar-refractivity contribution in [1.82, 2.24) is 10.6 Å². The van der Waals surface area contributed by atoms with E-state index in [1.165, 1.54) is 0 Å². The standard InChI is InChI=1S/C27H32N2O4/c1-26(2,3)19-16-20(28-24(30)17-12-8-6-9-13-17)22-23(33-27(4,5)32-22)21(19)29-25(31)18-14-10-7-11-15-18/h6-16,20-23H,1-5H3,(H,28,30)(H,29,31)/t20-,21+,22+,23-/m1/s1. The normalized spacial score (nSPS) is 26.2. The van der Waals surface area contributed by atoms with Crippen LogP contribution in [0.1, 0.15) is 55.3 Å². The van der Waals surface area contributed by atoms with Crippen molar-refractivity contribution in [3.05, 3.63) is 83.4 Å². The number of hydrogen-bond acceptors (Lipinski definition) is 4. The molecule has 1 heterocycles. The Morgan fingerprint density at radius 3 is 1.79 bits per heavy atom. The lowest BCUT2D eigenvalue weighted by Crippen LogP contribution is -2.59. The van der Waals surface area contributed by atoms with Crippen LogP contribution < -0.4 is 10.6 Å². The van der Waals surface area contributed by atoms with Crippen molar-refractivity contribution >= 4 is 11.8 Å². The summed E-state index contributed by atoms with van der Waals surface area (Å²) in [6.45, 7) is 10.00. The molecule has 2 aromatic carbocycles. The van der Waals surface area contributed by atoms with Gasteiger partial charge in [-0.15, -0.1) is 0 Å². The van der Waals surface area contributed by atoms with Crippen molar-refractivity contribution in [2.45, 2.75) is 64.7 Å². The number of rotatable bonds is 4. The first-order valence-corrected chi connectivity index (χ1v) is 11.3. The Morgan fingerprint density at radius 2 is 1.27 bits per heavy atom. The smallest absolute Gasteiger partial charge is 0.251 e. The van der Waals surface area contributed by atoms with Gasteiger partial charge >= 0.3 is 0 Å². The van der Waals surface area contributed by atoms with E-state index < -0.39 is 30.1 Å². The van der Waals surface area contributed by atoms with Gasteiger partial charge in [0.05, 0.1) is 12.1 Å². The Balaban J connectivity index is 1.68. The molecule has 2 aromatic rings. The van der Waals surface area contributed by atoms with Crippen molar-refractivity contribution < 1.29 is 19.1 Å². The molecule has 0 saturated carbocycles. The topological polar surface area (TPSA) is 76.7 Å². The van der Waals surface area contributed by atoms with Crippen LogP contribution in [-0.4, -0.2) is 41.9 Å². The number of benzene rings is 2. The highest BCUT2D eigenvalue weighted by Gasteiger charge is 2.53. The van der Waals surface area contributed by atoms with Gasteiger partial charge in [-0.05, 0) is 49.1 Å². The van der Waals surface area contributed by atoms with Gasteiger partial charge in [-0.25, -0.2) is 0 Å². The van der Waals surface area contributed by atoms with Gasteiger partial charge in [0.2, 0.25) is 0 Å². The molecule has 1 aliphatic heterocycles. The molecule has 0 aromatic heterocycles. The zero-order chi connectivity index (χ0) is 23.8. The largest absolute Gasteiger partial charge is 0.343 e. The second-order valence-electron chi connectivity index (χ2n) is 10.1. The molecule has 0 unspecified atom stereocenters. The summed E-state index contributed by atoms with van der Waals surface area (Å²) in [5.74, 6) is -1.19. The number of ether oxygens (including phenoxy) is 2. The van der Waals surface area contributed by atoms with Gasteiger partial charge in [0.25, 0.3) is 11.8 Å². The van der Waals surface area contributed by atoms with E-state index >= 15 is 0 Å². The molecule has 6 heteroatoms. The lowest BCUT2D eigenvalue weighted by atomic mass is 9.74. The molecule has 33 heavy (non-hydrogen) atoms. The fraction of sp³-hybridized carbons (Fsp3) is 0.407. The third-order valence-electron chi connectivity index (χ3n) is 6.06. The van der Waals surface area contributed by atoms with Crippen LogP contribution in [0.4, 0.5) is 0 Å². The van der Waals surface area contributed by atoms with Crippen molar-refractivity contribution in [2.24, 2.45) is 5.41 Å².